The average molecular weight is 139 g/mol. The van der Waals surface area contributed by atoms with Crippen molar-refractivity contribution in [2.75, 3.05) is 0 Å². The average Bonchev–Trinajstić information content (AvgIpc) is 2.44. The lowest BCUT2D eigenvalue weighted by Crippen LogP contribution is -2.27. The number of hydrogen-bond donors (Lipinski definition) is 1. The normalized spacial score (nSPS) is 44.2. The van der Waals surface area contributed by atoms with Crippen molar-refractivity contribution in [1.82, 2.24) is 0 Å². The van der Waals surface area contributed by atoms with E-state index in [-0.39, 0.29) is 11.8 Å². The van der Waals surface area contributed by atoms with E-state index in [0.717, 1.165) is 12.3 Å². The van der Waals surface area contributed by atoms with Crippen molar-refractivity contribution in [1.29, 1.82) is 0 Å². The molecule has 2 aliphatic rings. The second-order valence-corrected chi connectivity index (χ2v) is 3.68. The molecule has 56 valence electrons. The number of nitrogens with two attached hydrogens (primary N) is 1. The van der Waals surface area contributed by atoms with Gasteiger partial charge in [0.1, 0.15) is 0 Å². The second kappa shape index (κ2) is 1.97. The molecule has 0 heterocycles. The summed E-state index contributed by atoms with van der Waals surface area (Å²) in [7, 11) is 0. The standard InChI is InChI=1S/C8H13NO/c9-8(10)7-4-5-1-2-6(7)3-5/h5-7H,1-4H2,(H2,9,10)/t5-,6+,7-/m0/s1. The van der Waals surface area contributed by atoms with Crippen LogP contribution >= 0.6 is 0 Å². The quantitative estimate of drug-likeness (QED) is 0.576. The van der Waals surface area contributed by atoms with Crippen molar-refractivity contribution in [3.63, 3.8) is 0 Å². The zero-order valence-corrected chi connectivity index (χ0v) is 6.05. The zero-order valence-electron chi connectivity index (χ0n) is 6.05. The SMILES string of the molecule is NC(=O)[C@H]1C[C@H]2CC[C@@H]1C2. The minimum atomic E-state index is -0.0628. The summed E-state index contributed by atoms with van der Waals surface area (Å²) in [6, 6.07) is 0. The molecular weight excluding hydrogens is 126 g/mol. The van der Waals surface area contributed by atoms with E-state index in [0.29, 0.717) is 5.92 Å². The molecule has 2 heteroatoms. The molecule has 10 heavy (non-hydrogen) atoms. The maximum absolute atomic E-state index is 10.8. The van der Waals surface area contributed by atoms with Crippen LogP contribution in [0.1, 0.15) is 25.7 Å². The monoisotopic (exact) mass is 139 g/mol. The molecule has 3 atom stereocenters. The highest BCUT2D eigenvalue weighted by Gasteiger charge is 2.41. The first-order chi connectivity index (χ1) is 4.77. The largest absolute Gasteiger partial charge is 0.369 e. The third-order valence-corrected chi connectivity index (χ3v) is 3.10. The molecule has 2 bridgehead atoms. The van der Waals surface area contributed by atoms with Crippen LogP contribution in [0.15, 0.2) is 0 Å². The summed E-state index contributed by atoms with van der Waals surface area (Å²) in [6.07, 6.45) is 4.94. The molecule has 0 aromatic heterocycles. The van der Waals surface area contributed by atoms with E-state index in [9.17, 15) is 4.79 Å². The summed E-state index contributed by atoms with van der Waals surface area (Å²) >= 11 is 0. The molecule has 0 unspecified atom stereocenters. The molecule has 2 saturated carbocycles. The highest BCUT2D eigenvalue weighted by atomic mass is 16.1. The number of hydrogen-bond acceptors (Lipinski definition) is 1. The zero-order chi connectivity index (χ0) is 7.14. The Labute approximate surface area is 60.8 Å². The maximum Gasteiger partial charge on any atom is 0.220 e. The first-order valence-corrected chi connectivity index (χ1v) is 4.06. The van der Waals surface area contributed by atoms with Crippen LogP contribution in [0.25, 0.3) is 0 Å². The second-order valence-electron chi connectivity index (χ2n) is 3.68. The number of rotatable bonds is 1. The Morgan fingerprint density at radius 1 is 1.30 bits per heavy atom. The van der Waals surface area contributed by atoms with Gasteiger partial charge in [0.05, 0.1) is 0 Å². The highest BCUT2D eigenvalue weighted by molar-refractivity contribution is 5.77. The van der Waals surface area contributed by atoms with E-state index in [1.165, 1.54) is 19.3 Å². The van der Waals surface area contributed by atoms with Gasteiger partial charge in [-0.25, -0.2) is 0 Å². The van der Waals surface area contributed by atoms with Crippen molar-refractivity contribution in [3.05, 3.63) is 0 Å². The van der Waals surface area contributed by atoms with Gasteiger partial charge < -0.3 is 5.73 Å². The summed E-state index contributed by atoms with van der Waals surface area (Å²) < 4.78 is 0. The number of carbonyl (C=O) groups is 1. The number of fused-ring (bicyclic) bond motifs is 2. The molecule has 0 aliphatic heterocycles. The number of primary amides is 1. The van der Waals surface area contributed by atoms with Gasteiger partial charge in [0.2, 0.25) is 5.91 Å². The Balaban J connectivity index is 2.08. The third kappa shape index (κ3) is 0.746. The molecule has 2 nitrogen and oxygen atoms in total. The smallest absolute Gasteiger partial charge is 0.220 e. The molecular formula is C8H13NO. The summed E-state index contributed by atoms with van der Waals surface area (Å²) in [5, 5.41) is 0. The molecule has 2 N–H and O–H groups in total. The lowest BCUT2D eigenvalue weighted by Gasteiger charge is -2.17. The number of carbonyl (C=O) groups excluding carboxylic acids is 1. The van der Waals surface area contributed by atoms with E-state index < -0.39 is 0 Å². The molecule has 2 fully saturated rings. The summed E-state index contributed by atoms with van der Waals surface area (Å²) in [4.78, 5) is 10.8. The minimum absolute atomic E-state index is 0.0628. The molecule has 1 amide bonds. The molecule has 0 spiro atoms. The molecule has 2 rings (SSSR count). The van der Waals surface area contributed by atoms with E-state index in [1.807, 2.05) is 0 Å². The lowest BCUT2D eigenvalue weighted by atomic mass is 9.88. The number of amides is 1. The summed E-state index contributed by atoms with van der Waals surface area (Å²) in [5.74, 6) is 1.66. The first kappa shape index (κ1) is 6.20. The topological polar surface area (TPSA) is 43.1 Å². The van der Waals surface area contributed by atoms with Crippen LogP contribution in [0.2, 0.25) is 0 Å². The van der Waals surface area contributed by atoms with E-state index >= 15 is 0 Å². The summed E-state index contributed by atoms with van der Waals surface area (Å²) in [5.41, 5.74) is 5.25. The first-order valence-electron chi connectivity index (χ1n) is 4.06. The molecule has 0 radical (unpaired) electrons. The van der Waals surface area contributed by atoms with Crippen molar-refractivity contribution >= 4 is 5.91 Å². The molecule has 0 aromatic carbocycles. The fourth-order valence-electron chi connectivity index (χ4n) is 2.59. The predicted molar refractivity (Wildman–Crippen MR) is 38.1 cm³/mol. The van der Waals surface area contributed by atoms with Crippen LogP contribution in [0.4, 0.5) is 0 Å². The molecule has 0 aromatic rings. The van der Waals surface area contributed by atoms with E-state index in [1.54, 1.807) is 0 Å². The Morgan fingerprint density at radius 3 is 2.40 bits per heavy atom. The van der Waals surface area contributed by atoms with Crippen molar-refractivity contribution in [3.8, 4) is 0 Å². The highest BCUT2D eigenvalue weighted by Crippen LogP contribution is 2.47. The Morgan fingerprint density at radius 2 is 2.10 bits per heavy atom. The van der Waals surface area contributed by atoms with Crippen molar-refractivity contribution in [2.45, 2.75) is 25.7 Å². The van der Waals surface area contributed by atoms with Crippen LogP contribution in [0, 0.1) is 17.8 Å². The van der Waals surface area contributed by atoms with Crippen molar-refractivity contribution in [2.24, 2.45) is 23.5 Å². The third-order valence-electron chi connectivity index (χ3n) is 3.10. The van der Waals surface area contributed by atoms with Gasteiger partial charge in [0.25, 0.3) is 0 Å². The van der Waals surface area contributed by atoms with Gasteiger partial charge in [0.15, 0.2) is 0 Å². The summed E-state index contributed by atoms with van der Waals surface area (Å²) in [6.45, 7) is 0. The van der Waals surface area contributed by atoms with Crippen LogP contribution in [0.5, 0.6) is 0 Å². The van der Waals surface area contributed by atoms with Gasteiger partial charge in [-0.15, -0.1) is 0 Å². The fourth-order valence-corrected chi connectivity index (χ4v) is 2.59. The van der Waals surface area contributed by atoms with Crippen LogP contribution in [0.3, 0.4) is 0 Å². The van der Waals surface area contributed by atoms with Gasteiger partial charge >= 0.3 is 0 Å². The predicted octanol–water partition coefficient (Wildman–Crippen LogP) is 0.908. The fraction of sp³-hybridized carbons (Fsp3) is 0.875. The maximum atomic E-state index is 10.8. The van der Waals surface area contributed by atoms with E-state index in [4.69, 9.17) is 5.73 Å². The van der Waals surface area contributed by atoms with Gasteiger partial charge in [-0.2, -0.15) is 0 Å². The lowest BCUT2D eigenvalue weighted by molar-refractivity contribution is -0.123. The Hall–Kier alpha value is -0.530. The van der Waals surface area contributed by atoms with Crippen LogP contribution in [-0.2, 0) is 4.79 Å². The van der Waals surface area contributed by atoms with Gasteiger partial charge in [-0.05, 0) is 31.1 Å². The van der Waals surface area contributed by atoms with E-state index in [2.05, 4.69) is 0 Å². The van der Waals surface area contributed by atoms with Gasteiger partial charge in [-0.3, -0.25) is 4.79 Å². The van der Waals surface area contributed by atoms with Crippen molar-refractivity contribution < 1.29 is 4.79 Å². The molecule has 0 saturated heterocycles. The minimum Gasteiger partial charge on any atom is -0.369 e. The Kier molecular flexibility index (Phi) is 1.22. The van der Waals surface area contributed by atoms with Crippen LogP contribution < -0.4 is 5.73 Å². The molecule has 2 aliphatic carbocycles. The Bertz CT molecular complexity index is 167. The van der Waals surface area contributed by atoms with Crippen LogP contribution in [-0.4, -0.2) is 5.91 Å². The van der Waals surface area contributed by atoms with Gasteiger partial charge in [-0.1, -0.05) is 6.42 Å². The van der Waals surface area contributed by atoms with Gasteiger partial charge in [0, 0.05) is 5.92 Å².